The Morgan fingerprint density at radius 1 is 0.824 bits per heavy atom. The molecule has 174 valence electrons. The van der Waals surface area contributed by atoms with E-state index in [4.69, 9.17) is 0 Å². The van der Waals surface area contributed by atoms with Gasteiger partial charge in [0, 0.05) is 44.1 Å². The molecule has 2 heterocycles. The normalized spacial score (nSPS) is 10.8. The van der Waals surface area contributed by atoms with Crippen LogP contribution in [0.2, 0.25) is 0 Å². The van der Waals surface area contributed by atoms with E-state index in [9.17, 15) is 19.2 Å². The van der Waals surface area contributed by atoms with Crippen LogP contribution in [0, 0.1) is 0 Å². The van der Waals surface area contributed by atoms with Gasteiger partial charge in [-0.15, -0.1) is 0 Å². The lowest BCUT2D eigenvalue weighted by molar-refractivity contribution is -0.116. The molecule has 3 N–H and O–H groups in total. The molecular formula is C23H23N7O4. The summed E-state index contributed by atoms with van der Waals surface area (Å²) in [7, 11) is 2.94. The highest BCUT2D eigenvalue weighted by Gasteiger charge is 2.15. The number of amides is 3. The van der Waals surface area contributed by atoms with Crippen molar-refractivity contribution >= 4 is 40.2 Å². The number of nitrogens with one attached hydrogen (secondary N) is 3. The van der Waals surface area contributed by atoms with E-state index < -0.39 is 11.2 Å². The van der Waals surface area contributed by atoms with Gasteiger partial charge in [-0.3, -0.25) is 18.7 Å². The number of urea groups is 1. The molecule has 11 heteroatoms. The van der Waals surface area contributed by atoms with Gasteiger partial charge in [0.25, 0.3) is 5.56 Å². The second-order valence-electron chi connectivity index (χ2n) is 7.64. The molecule has 0 unspecified atom stereocenters. The number of aromatic nitrogens is 4. The van der Waals surface area contributed by atoms with Gasteiger partial charge in [0.1, 0.15) is 0 Å². The zero-order valence-electron chi connectivity index (χ0n) is 18.6. The maximum atomic E-state index is 12.5. The van der Waals surface area contributed by atoms with Gasteiger partial charge in [-0.2, -0.15) is 0 Å². The molecule has 0 saturated carbocycles. The van der Waals surface area contributed by atoms with Gasteiger partial charge < -0.3 is 20.5 Å². The van der Waals surface area contributed by atoms with Crippen molar-refractivity contribution < 1.29 is 9.59 Å². The van der Waals surface area contributed by atoms with E-state index in [0.717, 1.165) is 4.57 Å². The van der Waals surface area contributed by atoms with Gasteiger partial charge in [0.15, 0.2) is 11.2 Å². The lowest BCUT2D eigenvalue weighted by atomic mass is 10.2. The zero-order chi connectivity index (χ0) is 24.2. The molecule has 0 spiro atoms. The average Bonchev–Trinajstić information content (AvgIpc) is 3.26. The summed E-state index contributed by atoms with van der Waals surface area (Å²) in [5.41, 5.74) is 1.42. The highest BCUT2D eigenvalue weighted by molar-refractivity contribution is 6.00. The van der Waals surface area contributed by atoms with Gasteiger partial charge in [-0.25, -0.2) is 14.6 Å². The van der Waals surface area contributed by atoms with E-state index in [1.54, 1.807) is 41.0 Å². The minimum atomic E-state index is -0.463. The molecule has 0 aliphatic carbocycles. The number of carbonyl (C=O) groups excluding carboxylic acids is 2. The first-order valence-corrected chi connectivity index (χ1v) is 10.5. The summed E-state index contributed by atoms with van der Waals surface area (Å²) >= 11 is 0. The van der Waals surface area contributed by atoms with E-state index >= 15 is 0 Å². The highest BCUT2D eigenvalue weighted by Crippen LogP contribution is 2.15. The summed E-state index contributed by atoms with van der Waals surface area (Å²) in [6, 6.07) is 15.4. The summed E-state index contributed by atoms with van der Waals surface area (Å²) in [5, 5.41) is 8.22. The predicted molar refractivity (Wildman–Crippen MR) is 129 cm³/mol. The van der Waals surface area contributed by atoms with Gasteiger partial charge in [0.05, 0.1) is 6.33 Å². The molecule has 0 atom stereocenters. The molecule has 2 aromatic heterocycles. The fourth-order valence-electron chi connectivity index (χ4n) is 3.46. The van der Waals surface area contributed by atoms with Crippen LogP contribution in [0.4, 0.5) is 21.9 Å². The Morgan fingerprint density at radius 3 is 2.06 bits per heavy atom. The van der Waals surface area contributed by atoms with Crippen molar-refractivity contribution in [1.82, 2.24) is 18.7 Å². The maximum Gasteiger partial charge on any atom is 0.332 e. The Kier molecular flexibility index (Phi) is 6.26. The van der Waals surface area contributed by atoms with Crippen molar-refractivity contribution in [2.45, 2.75) is 13.0 Å². The summed E-state index contributed by atoms with van der Waals surface area (Å²) in [4.78, 5) is 53.2. The van der Waals surface area contributed by atoms with Crippen molar-refractivity contribution in [3.63, 3.8) is 0 Å². The Hall–Kier alpha value is -4.67. The Balaban J connectivity index is 1.34. The molecule has 11 nitrogen and oxygen atoms in total. The second kappa shape index (κ2) is 9.45. The van der Waals surface area contributed by atoms with Crippen LogP contribution < -0.4 is 27.2 Å². The lowest BCUT2D eigenvalue weighted by Crippen LogP contribution is -2.37. The van der Waals surface area contributed by atoms with Crippen LogP contribution in [0.5, 0.6) is 0 Å². The first-order chi connectivity index (χ1) is 16.3. The van der Waals surface area contributed by atoms with E-state index in [1.807, 2.05) is 18.2 Å². The second-order valence-corrected chi connectivity index (χ2v) is 7.64. The largest absolute Gasteiger partial charge is 0.332 e. The molecule has 0 bridgehead atoms. The van der Waals surface area contributed by atoms with Crippen LogP contribution >= 0.6 is 0 Å². The standard InChI is InChI=1S/C23H23N7O4/c1-28-20-19(21(32)29(2)23(28)34)30(14-24-20)13-12-18(31)25-16-8-10-17(11-9-16)27-22(33)26-15-6-4-3-5-7-15/h3-11,14H,12-13H2,1-2H3,(H,25,31)(H2,26,27,33). The van der Waals surface area contributed by atoms with Crippen molar-refractivity contribution in [3.8, 4) is 0 Å². The van der Waals surface area contributed by atoms with Crippen LogP contribution in [-0.2, 0) is 25.4 Å². The number of rotatable bonds is 6. The maximum absolute atomic E-state index is 12.5. The number of aryl methyl sites for hydroxylation is 2. The molecule has 3 amide bonds. The molecule has 2 aromatic carbocycles. The van der Waals surface area contributed by atoms with E-state index in [-0.39, 0.29) is 36.1 Å². The third-order valence-corrected chi connectivity index (χ3v) is 5.26. The number of nitrogens with zero attached hydrogens (tertiary/aromatic N) is 4. The Bertz CT molecular complexity index is 1470. The van der Waals surface area contributed by atoms with Crippen LogP contribution in [-0.4, -0.2) is 30.6 Å². The average molecular weight is 461 g/mol. The summed E-state index contributed by atoms with van der Waals surface area (Å²) in [6.07, 6.45) is 1.54. The third kappa shape index (κ3) is 4.72. The van der Waals surface area contributed by atoms with E-state index in [0.29, 0.717) is 17.1 Å². The third-order valence-electron chi connectivity index (χ3n) is 5.26. The monoisotopic (exact) mass is 461 g/mol. The molecule has 0 saturated heterocycles. The van der Waals surface area contributed by atoms with Crippen molar-refractivity contribution in [3.05, 3.63) is 81.8 Å². The van der Waals surface area contributed by atoms with E-state index in [1.165, 1.54) is 25.0 Å². The summed E-state index contributed by atoms with van der Waals surface area (Å²) in [6.45, 7) is 0.217. The quantitative estimate of drug-likeness (QED) is 0.405. The van der Waals surface area contributed by atoms with Crippen LogP contribution in [0.25, 0.3) is 11.2 Å². The molecule has 0 radical (unpaired) electrons. The topological polar surface area (TPSA) is 132 Å². The minimum absolute atomic E-state index is 0.0942. The summed E-state index contributed by atoms with van der Waals surface area (Å²) in [5.74, 6) is -0.258. The van der Waals surface area contributed by atoms with E-state index in [2.05, 4.69) is 20.9 Å². The first kappa shape index (κ1) is 22.5. The number of anilines is 3. The molecule has 4 aromatic rings. The highest BCUT2D eigenvalue weighted by atomic mass is 16.2. The Labute approximate surface area is 193 Å². The number of para-hydroxylation sites is 1. The number of benzene rings is 2. The fourth-order valence-corrected chi connectivity index (χ4v) is 3.46. The van der Waals surface area contributed by atoms with Gasteiger partial charge in [-0.05, 0) is 36.4 Å². The zero-order valence-corrected chi connectivity index (χ0v) is 18.6. The first-order valence-electron chi connectivity index (χ1n) is 10.5. The van der Waals surface area contributed by atoms with Crippen molar-refractivity contribution in [2.24, 2.45) is 14.1 Å². The van der Waals surface area contributed by atoms with Crippen molar-refractivity contribution in [1.29, 1.82) is 0 Å². The minimum Gasteiger partial charge on any atom is -0.326 e. The molecule has 34 heavy (non-hydrogen) atoms. The van der Waals surface area contributed by atoms with Gasteiger partial charge in [-0.1, -0.05) is 18.2 Å². The lowest BCUT2D eigenvalue weighted by Gasteiger charge is -2.10. The van der Waals surface area contributed by atoms with Crippen LogP contribution in [0.1, 0.15) is 6.42 Å². The predicted octanol–water partition coefficient (Wildman–Crippen LogP) is 2.11. The fraction of sp³-hybridized carbons (Fsp3) is 0.174. The number of hydrogen-bond donors (Lipinski definition) is 3. The molecular weight excluding hydrogens is 438 g/mol. The summed E-state index contributed by atoms with van der Waals surface area (Å²) < 4.78 is 3.87. The Morgan fingerprint density at radius 2 is 1.41 bits per heavy atom. The van der Waals surface area contributed by atoms with Gasteiger partial charge >= 0.3 is 11.7 Å². The van der Waals surface area contributed by atoms with Crippen LogP contribution in [0.15, 0.2) is 70.5 Å². The van der Waals surface area contributed by atoms with Crippen LogP contribution in [0.3, 0.4) is 0 Å². The molecule has 0 aliphatic rings. The van der Waals surface area contributed by atoms with Gasteiger partial charge in [0.2, 0.25) is 5.91 Å². The number of carbonyl (C=O) groups is 2. The number of fused-ring (bicyclic) bond motifs is 1. The number of hydrogen-bond acceptors (Lipinski definition) is 5. The smallest absolute Gasteiger partial charge is 0.326 e. The molecule has 0 fully saturated rings. The number of imidazole rings is 1. The molecule has 0 aliphatic heterocycles. The molecule has 4 rings (SSSR count). The SMILES string of the molecule is Cn1c(=O)c2c(ncn2CCC(=O)Nc2ccc(NC(=O)Nc3ccccc3)cc2)n(C)c1=O. The van der Waals surface area contributed by atoms with Crippen molar-refractivity contribution in [2.75, 3.05) is 16.0 Å².